The van der Waals surface area contributed by atoms with Gasteiger partial charge in [0.05, 0.1) is 0 Å². The Balaban J connectivity index is 1.70. The fraction of sp³-hybridized carbons (Fsp3) is 0.241. The van der Waals surface area contributed by atoms with Crippen LogP contribution >= 0.6 is 0 Å². The first-order valence-corrected chi connectivity index (χ1v) is 11.8. The maximum Gasteiger partial charge on any atom is 0.248 e. The van der Waals surface area contributed by atoms with E-state index in [-0.39, 0.29) is 5.56 Å². The lowest BCUT2D eigenvalue weighted by atomic mass is 9.98. The smallest absolute Gasteiger partial charge is 0.248 e. The Morgan fingerprint density at radius 2 is 1.97 bits per heavy atom. The van der Waals surface area contributed by atoms with Gasteiger partial charge in [-0.2, -0.15) is 5.10 Å². The van der Waals surface area contributed by atoms with Crippen molar-refractivity contribution in [1.82, 2.24) is 25.4 Å². The van der Waals surface area contributed by atoms with Gasteiger partial charge in [-0.1, -0.05) is 31.2 Å². The first-order valence-electron chi connectivity index (χ1n) is 11.8. The second kappa shape index (κ2) is 10.5. The average Bonchev–Trinajstić information content (AvgIpc) is 3.18. The molecule has 0 atom stereocenters. The van der Waals surface area contributed by atoms with E-state index in [1.165, 1.54) is 0 Å². The molecular formula is C29H31N5O. The van der Waals surface area contributed by atoms with Crippen LogP contribution in [0.3, 0.4) is 0 Å². The summed E-state index contributed by atoms with van der Waals surface area (Å²) in [5.41, 5.74) is 7.24. The molecular weight excluding hydrogens is 434 g/mol. The van der Waals surface area contributed by atoms with E-state index in [9.17, 15) is 4.79 Å². The van der Waals surface area contributed by atoms with Crippen molar-refractivity contribution in [3.63, 3.8) is 0 Å². The summed E-state index contributed by atoms with van der Waals surface area (Å²) in [4.78, 5) is 15.1. The van der Waals surface area contributed by atoms with E-state index in [1.807, 2.05) is 61.1 Å². The normalized spacial score (nSPS) is 14.1. The highest BCUT2D eigenvalue weighted by atomic mass is 16.1. The minimum absolute atomic E-state index is 0.153. The topological polar surface area (TPSA) is 74.7 Å². The highest BCUT2D eigenvalue weighted by molar-refractivity contribution is 5.83. The standard InChI is InChI=1S/C29H31N5O/c1-6-23-8-7-9-24(17-23)29-28(25-16-20(3)31-27(35)18-25)22(5)34(33-29)15-12-19(2)21(4)32-26-10-13-30-14-11-26/h1,7-9,12,15-18,26,30,32H,2,4,10-11,13-14H2,3,5H3,(H,31,35)/b15-12-. The van der Waals surface area contributed by atoms with Crippen LogP contribution in [-0.4, -0.2) is 33.9 Å². The largest absolute Gasteiger partial charge is 0.382 e. The minimum Gasteiger partial charge on any atom is -0.382 e. The molecule has 1 saturated heterocycles. The fourth-order valence-electron chi connectivity index (χ4n) is 4.36. The minimum atomic E-state index is -0.153. The molecule has 0 bridgehead atoms. The molecule has 3 aromatic rings. The van der Waals surface area contributed by atoms with Gasteiger partial charge in [0.1, 0.15) is 5.69 Å². The summed E-state index contributed by atoms with van der Waals surface area (Å²) in [6.45, 7) is 14.2. The Bertz CT molecular complexity index is 1390. The number of pyridine rings is 1. The molecule has 1 fully saturated rings. The van der Waals surface area contributed by atoms with E-state index >= 15 is 0 Å². The molecule has 2 aromatic heterocycles. The van der Waals surface area contributed by atoms with Crippen LogP contribution in [0, 0.1) is 26.2 Å². The number of aromatic nitrogens is 3. The molecule has 0 unspecified atom stereocenters. The number of hydrogen-bond acceptors (Lipinski definition) is 4. The van der Waals surface area contributed by atoms with Crippen LogP contribution in [0.5, 0.6) is 0 Å². The number of nitrogens with zero attached hydrogens (tertiary/aromatic N) is 2. The second-order valence-corrected chi connectivity index (χ2v) is 8.88. The molecule has 0 radical (unpaired) electrons. The Hall–Kier alpha value is -4.08. The zero-order valence-corrected chi connectivity index (χ0v) is 20.3. The van der Waals surface area contributed by atoms with Gasteiger partial charge in [-0.05, 0) is 75.2 Å². The quantitative estimate of drug-likeness (QED) is 0.358. The maximum absolute atomic E-state index is 12.2. The number of H-pyrrole nitrogens is 1. The van der Waals surface area contributed by atoms with Crippen LogP contribution in [0.15, 0.2) is 71.7 Å². The van der Waals surface area contributed by atoms with Crippen LogP contribution in [0.2, 0.25) is 0 Å². The van der Waals surface area contributed by atoms with E-state index in [1.54, 1.807) is 6.07 Å². The molecule has 0 saturated carbocycles. The summed E-state index contributed by atoms with van der Waals surface area (Å²) in [6.07, 6.45) is 11.6. The molecule has 4 rings (SSSR count). The summed E-state index contributed by atoms with van der Waals surface area (Å²) >= 11 is 0. The first kappa shape index (κ1) is 24.1. The molecule has 3 heterocycles. The van der Waals surface area contributed by atoms with Crippen LogP contribution in [0.25, 0.3) is 28.6 Å². The summed E-state index contributed by atoms with van der Waals surface area (Å²) < 4.78 is 1.81. The molecule has 1 aliphatic heterocycles. The molecule has 0 amide bonds. The average molecular weight is 466 g/mol. The van der Waals surface area contributed by atoms with Crippen molar-refractivity contribution in [3.8, 4) is 34.7 Å². The van der Waals surface area contributed by atoms with Crippen LogP contribution in [0.1, 0.15) is 29.8 Å². The van der Waals surface area contributed by atoms with E-state index < -0.39 is 0 Å². The second-order valence-electron chi connectivity index (χ2n) is 8.88. The Labute approximate surface area is 206 Å². The van der Waals surface area contributed by atoms with Gasteiger partial charge in [0, 0.05) is 52.1 Å². The summed E-state index contributed by atoms with van der Waals surface area (Å²) in [7, 11) is 0. The summed E-state index contributed by atoms with van der Waals surface area (Å²) in [5.74, 6) is 2.69. The number of nitrogens with one attached hydrogen (secondary N) is 3. The van der Waals surface area contributed by atoms with Gasteiger partial charge >= 0.3 is 0 Å². The zero-order valence-electron chi connectivity index (χ0n) is 20.3. The zero-order chi connectivity index (χ0) is 24.9. The van der Waals surface area contributed by atoms with Crippen molar-refractivity contribution in [2.75, 3.05) is 13.1 Å². The van der Waals surface area contributed by atoms with E-state index in [0.717, 1.165) is 76.5 Å². The van der Waals surface area contributed by atoms with Gasteiger partial charge in [-0.25, -0.2) is 4.68 Å². The van der Waals surface area contributed by atoms with Gasteiger partial charge < -0.3 is 15.6 Å². The van der Waals surface area contributed by atoms with Crippen molar-refractivity contribution in [1.29, 1.82) is 0 Å². The van der Waals surface area contributed by atoms with E-state index in [0.29, 0.717) is 6.04 Å². The maximum atomic E-state index is 12.2. The first-order chi connectivity index (χ1) is 16.9. The lowest BCUT2D eigenvalue weighted by molar-refractivity contribution is 0.414. The molecule has 35 heavy (non-hydrogen) atoms. The van der Waals surface area contributed by atoms with Gasteiger partial charge in [-0.3, -0.25) is 4.79 Å². The van der Waals surface area contributed by atoms with E-state index in [2.05, 4.69) is 34.7 Å². The van der Waals surface area contributed by atoms with Crippen molar-refractivity contribution in [3.05, 3.63) is 94.2 Å². The Kier molecular flexibility index (Phi) is 7.19. The van der Waals surface area contributed by atoms with Crippen molar-refractivity contribution in [2.45, 2.75) is 32.7 Å². The monoisotopic (exact) mass is 465 g/mol. The fourth-order valence-corrected chi connectivity index (χ4v) is 4.36. The molecule has 1 aromatic carbocycles. The third-order valence-electron chi connectivity index (χ3n) is 6.24. The van der Waals surface area contributed by atoms with Crippen LogP contribution < -0.4 is 16.2 Å². The molecule has 1 aliphatic rings. The third kappa shape index (κ3) is 5.53. The number of piperidine rings is 1. The van der Waals surface area contributed by atoms with Crippen molar-refractivity contribution < 1.29 is 0 Å². The summed E-state index contributed by atoms with van der Waals surface area (Å²) in [6, 6.07) is 11.7. The van der Waals surface area contributed by atoms with Crippen LogP contribution in [-0.2, 0) is 0 Å². The van der Waals surface area contributed by atoms with E-state index in [4.69, 9.17) is 11.5 Å². The molecule has 6 heteroatoms. The Morgan fingerprint density at radius 1 is 1.20 bits per heavy atom. The van der Waals surface area contributed by atoms with Crippen LogP contribution in [0.4, 0.5) is 0 Å². The lowest BCUT2D eigenvalue weighted by Gasteiger charge is -2.25. The molecule has 3 N–H and O–H groups in total. The third-order valence-corrected chi connectivity index (χ3v) is 6.24. The number of terminal acetylenes is 1. The van der Waals surface area contributed by atoms with Gasteiger partial charge in [-0.15, -0.1) is 6.42 Å². The van der Waals surface area contributed by atoms with Gasteiger partial charge in [0.2, 0.25) is 5.56 Å². The molecule has 178 valence electrons. The molecule has 0 aliphatic carbocycles. The number of aromatic amines is 1. The number of aryl methyl sites for hydroxylation is 1. The molecule has 0 spiro atoms. The number of benzene rings is 1. The summed E-state index contributed by atoms with van der Waals surface area (Å²) in [5, 5.41) is 11.7. The lowest BCUT2D eigenvalue weighted by Crippen LogP contribution is -2.39. The number of hydrogen-bond donors (Lipinski definition) is 3. The number of allylic oxidation sites excluding steroid dienone is 1. The highest BCUT2D eigenvalue weighted by Gasteiger charge is 2.19. The number of rotatable bonds is 7. The Morgan fingerprint density at radius 3 is 2.69 bits per heavy atom. The SMILES string of the molecule is C#Cc1cccc(-c2nn(/C=C\C(=C)C(=C)NC3CCNCC3)c(C)c2-c2cc(C)[nH]c(=O)c2)c1. The van der Waals surface area contributed by atoms with Crippen molar-refractivity contribution in [2.24, 2.45) is 0 Å². The van der Waals surface area contributed by atoms with Gasteiger partial charge in [0.15, 0.2) is 0 Å². The van der Waals surface area contributed by atoms with Crippen molar-refractivity contribution >= 4 is 6.20 Å². The van der Waals surface area contributed by atoms with Gasteiger partial charge in [0.25, 0.3) is 0 Å². The highest BCUT2D eigenvalue weighted by Crippen LogP contribution is 2.34. The predicted molar refractivity (Wildman–Crippen MR) is 144 cm³/mol. The predicted octanol–water partition coefficient (Wildman–Crippen LogP) is 4.39. The molecule has 6 nitrogen and oxygen atoms in total.